The minimum absolute atomic E-state index is 0.559. The van der Waals surface area contributed by atoms with Crippen LogP contribution >= 0.6 is 11.8 Å². The number of imidazole rings is 1. The third kappa shape index (κ3) is 5.85. The standard InChI is InChI=1S/C11H21N3S/c1-9(2)4-5-12-8-10(3)15-11-13-6-7-14-11/h6-7,9-10,12H,4-5,8H2,1-3H3,(H,13,14). The van der Waals surface area contributed by atoms with Crippen LogP contribution in [0.15, 0.2) is 17.6 Å². The molecular weight excluding hydrogens is 206 g/mol. The molecule has 0 radical (unpaired) electrons. The van der Waals surface area contributed by atoms with Gasteiger partial charge >= 0.3 is 0 Å². The van der Waals surface area contributed by atoms with Gasteiger partial charge in [0.15, 0.2) is 5.16 Å². The maximum absolute atomic E-state index is 4.19. The largest absolute Gasteiger partial charge is 0.340 e. The molecule has 3 nitrogen and oxygen atoms in total. The molecule has 0 spiro atoms. The molecule has 0 amide bonds. The maximum Gasteiger partial charge on any atom is 0.165 e. The molecule has 0 bridgehead atoms. The fraction of sp³-hybridized carbons (Fsp3) is 0.727. The predicted octanol–water partition coefficient (Wildman–Crippen LogP) is 2.53. The van der Waals surface area contributed by atoms with Crippen molar-refractivity contribution in [2.24, 2.45) is 5.92 Å². The van der Waals surface area contributed by atoms with E-state index in [1.165, 1.54) is 6.42 Å². The zero-order chi connectivity index (χ0) is 11.1. The lowest BCUT2D eigenvalue weighted by molar-refractivity contribution is 0.539. The van der Waals surface area contributed by atoms with Crippen LogP contribution in [0.25, 0.3) is 0 Å². The van der Waals surface area contributed by atoms with Crippen molar-refractivity contribution in [1.82, 2.24) is 15.3 Å². The molecule has 4 heteroatoms. The molecule has 1 atom stereocenters. The molecule has 0 saturated heterocycles. The SMILES string of the molecule is CC(C)CCNCC(C)Sc1ncc[nH]1. The van der Waals surface area contributed by atoms with Crippen LogP contribution in [-0.2, 0) is 0 Å². The molecule has 0 saturated carbocycles. The van der Waals surface area contributed by atoms with Gasteiger partial charge in [-0.15, -0.1) is 0 Å². The number of nitrogens with zero attached hydrogens (tertiary/aromatic N) is 1. The van der Waals surface area contributed by atoms with Gasteiger partial charge in [-0.1, -0.05) is 32.5 Å². The van der Waals surface area contributed by atoms with E-state index in [-0.39, 0.29) is 0 Å². The Labute approximate surface area is 96.5 Å². The fourth-order valence-corrected chi connectivity index (χ4v) is 2.08. The van der Waals surface area contributed by atoms with Gasteiger partial charge in [-0.3, -0.25) is 0 Å². The van der Waals surface area contributed by atoms with E-state index >= 15 is 0 Å². The summed E-state index contributed by atoms with van der Waals surface area (Å²) in [6.07, 6.45) is 4.90. The van der Waals surface area contributed by atoms with E-state index in [1.54, 1.807) is 18.0 Å². The van der Waals surface area contributed by atoms with Gasteiger partial charge in [-0.2, -0.15) is 0 Å². The fourth-order valence-electron chi connectivity index (χ4n) is 1.24. The Morgan fingerprint density at radius 3 is 2.87 bits per heavy atom. The van der Waals surface area contributed by atoms with Gasteiger partial charge in [-0.25, -0.2) is 4.98 Å². The minimum atomic E-state index is 0.559. The summed E-state index contributed by atoms with van der Waals surface area (Å²) in [7, 11) is 0. The molecule has 1 aromatic rings. The van der Waals surface area contributed by atoms with Crippen LogP contribution in [0, 0.1) is 5.92 Å². The summed E-state index contributed by atoms with van der Waals surface area (Å²) in [5.41, 5.74) is 0. The number of thioether (sulfide) groups is 1. The van der Waals surface area contributed by atoms with Gasteiger partial charge in [0.05, 0.1) is 0 Å². The second-order valence-corrected chi connectivity index (χ2v) is 5.64. The molecule has 1 aromatic heterocycles. The van der Waals surface area contributed by atoms with Crippen molar-refractivity contribution < 1.29 is 0 Å². The van der Waals surface area contributed by atoms with E-state index in [0.717, 1.165) is 24.2 Å². The summed E-state index contributed by atoms with van der Waals surface area (Å²) in [6, 6.07) is 0. The van der Waals surface area contributed by atoms with Gasteiger partial charge in [0, 0.05) is 24.2 Å². The predicted molar refractivity (Wildman–Crippen MR) is 66.2 cm³/mol. The molecule has 0 fully saturated rings. The smallest absolute Gasteiger partial charge is 0.165 e. The van der Waals surface area contributed by atoms with Gasteiger partial charge in [-0.05, 0) is 18.9 Å². The van der Waals surface area contributed by atoms with Crippen LogP contribution in [0.4, 0.5) is 0 Å². The van der Waals surface area contributed by atoms with Crippen molar-refractivity contribution in [3.05, 3.63) is 12.4 Å². The molecule has 0 aliphatic rings. The molecule has 1 rings (SSSR count). The zero-order valence-corrected chi connectivity index (χ0v) is 10.6. The van der Waals surface area contributed by atoms with Crippen molar-refractivity contribution in [2.75, 3.05) is 13.1 Å². The van der Waals surface area contributed by atoms with Gasteiger partial charge in [0.25, 0.3) is 0 Å². The highest BCUT2D eigenvalue weighted by Gasteiger charge is 2.05. The molecule has 0 aromatic carbocycles. The number of nitrogens with one attached hydrogen (secondary N) is 2. The van der Waals surface area contributed by atoms with Crippen molar-refractivity contribution >= 4 is 11.8 Å². The van der Waals surface area contributed by atoms with Crippen LogP contribution in [0.5, 0.6) is 0 Å². The number of hydrogen-bond acceptors (Lipinski definition) is 3. The summed E-state index contributed by atoms with van der Waals surface area (Å²) >= 11 is 1.78. The Morgan fingerprint density at radius 1 is 1.47 bits per heavy atom. The van der Waals surface area contributed by atoms with Crippen LogP contribution in [0.2, 0.25) is 0 Å². The number of rotatable bonds is 7. The van der Waals surface area contributed by atoms with E-state index in [9.17, 15) is 0 Å². The lowest BCUT2D eigenvalue weighted by atomic mass is 10.1. The summed E-state index contributed by atoms with van der Waals surface area (Å²) < 4.78 is 0. The molecule has 0 aliphatic heterocycles. The van der Waals surface area contributed by atoms with Crippen molar-refractivity contribution in [1.29, 1.82) is 0 Å². The van der Waals surface area contributed by atoms with E-state index in [0.29, 0.717) is 5.25 Å². The summed E-state index contributed by atoms with van der Waals surface area (Å²) in [5, 5.41) is 5.03. The third-order valence-corrected chi connectivity index (χ3v) is 3.13. The molecule has 0 aliphatic carbocycles. The number of aromatic nitrogens is 2. The summed E-state index contributed by atoms with van der Waals surface area (Å²) in [5.74, 6) is 0.783. The van der Waals surface area contributed by atoms with Crippen molar-refractivity contribution in [2.45, 2.75) is 37.6 Å². The molecule has 2 N–H and O–H groups in total. The van der Waals surface area contributed by atoms with E-state index in [2.05, 4.69) is 36.1 Å². The molecule has 86 valence electrons. The summed E-state index contributed by atoms with van der Waals surface area (Å²) in [4.78, 5) is 7.29. The first-order valence-electron chi connectivity index (χ1n) is 5.55. The first kappa shape index (κ1) is 12.6. The number of aromatic amines is 1. The van der Waals surface area contributed by atoms with Gasteiger partial charge in [0.1, 0.15) is 0 Å². The molecule has 1 unspecified atom stereocenters. The Morgan fingerprint density at radius 2 is 2.27 bits per heavy atom. The Hall–Kier alpha value is -0.480. The normalized spacial score (nSPS) is 13.3. The highest BCUT2D eigenvalue weighted by molar-refractivity contribution is 7.99. The van der Waals surface area contributed by atoms with Crippen LogP contribution in [-0.4, -0.2) is 28.3 Å². The molecule has 15 heavy (non-hydrogen) atoms. The highest BCUT2D eigenvalue weighted by Crippen LogP contribution is 2.17. The van der Waals surface area contributed by atoms with Crippen molar-refractivity contribution in [3.63, 3.8) is 0 Å². The average molecular weight is 227 g/mol. The third-order valence-electron chi connectivity index (χ3n) is 2.12. The minimum Gasteiger partial charge on any atom is -0.340 e. The number of hydrogen-bond donors (Lipinski definition) is 2. The van der Waals surface area contributed by atoms with Crippen LogP contribution < -0.4 is 5.32 Å². The second-order valence-electron chi connectivity index (χ2n) is 4.21. The van der Waals surface area contributed by atoms with Gasteiger partial charge in [0.2, 0.25) is 0 Å². The second kappa shape index (κ2) is 6.90. The Bertz CT molecular complexity index is 246. The lowest BCUT2D eigenvalue weighted by Gasteiger charge is -2.11. The molecule has 1 heterocycles. The lowest BCUT2D eigenvalue weighted by Crippen LogP contribution is -2.24. The van der Waals surface area contributed by atoms with Crippen molar-refractivity contribution in [3.8, 4) is 0 Å². The monoisotopic (exact) mass is 227 g/mol. The quantitative estimate of drug-likeness (QED) is 0.555. The van der Waals surface area contributed by atoms with E-state index in [1.807, 2.05) is 6.20 Å². The van der Waals surface area contributed by atoms with Crippen LogP contribution in [0.3, 0.4) is 0 Å². The topological polar surface area (TPSA) is 40.7 Å². The first-order valence-corrected chi connectivity index (χ1v) is 6.43. The van der Waals surface area contributed by atoms with Gasteiger partial charge < -0.3 is 10.3 Å². The highest BCUT2D eigenvalue weighted by atomic mass is 32.2. The number of H-pyrrole nitrogens is 1. The molecular formula is C11H21N3S. The zero-order valence-electron chi connectivity index (χ0n) is 9.79. The Kier molecular flexibility index (Phi) is 5.79. The van der Waals surface area contributed by atoms with E-state index in [4.69, 9.17) is 0 Å². The first-order chi connectivity index (χ1) is 7.18. The van der Waals surface area contributed by atoms with E-state index < -0.39 is 0 Å². The maximum atomic E-state index is 4.19. The summed E-state index contributed by atoms with van der Waals surface area (Å²) in [6.45, 7) is 8.87. The van der Waals surface area contributed by atoms with Crippen LogP contribution in [0.1, 0.15) is 27.2 Å². The Balaban J connectivity index is 2.06. The average Bonchev–Trinajstić information content (AvgIpc) is 2.64.